The zero-order valence-corrected chi connectivity index (χ0v) is 13.7. The maximum Gasteiger partial charge on any atom is 0.251 e. The maximum absolute atomic E-state index is 12.3. The maximum atomic E-state index is 12.3. The molecule has 0 bridgehead atoms. The lowest BCUT2D eigenvalue weighted by atomic mass is 10.1. The smallest absolute Gasteiger partial charge is 0.251 e. The third-order valence-electron chi connectivity index (χ3n) is 4.41. The van der Waals surface area contributed by atoms with E-state index in [1.807, 2.05) is 42.8 Å². The predicted octanol–water partition coefficient (Wildman–Crippen LogP) is 2.02. The number of aromatic nitrogens is 2. The number of carbonyl (C=O) groups is 1. The van der Waals surface area contributed by atoms with Crippen LogP contribution < -0.4 is 11.1 Å². The summed E-state index contributed by atoms with van der Waals surface area (Å²) in [6.07, 6.45) is 2.34. The molecular formula is C18H24N4O. The number of hydrogen-bond acceptors (Lipinski definition) is 3. The van der Waals surface area contributed by atoms with E-state index in [1.165, 1.54) is 12.8 Å². The van der Waals surface area contributed by atoms with Crippen molar-refractivity contribution in [3.8, 4) is 0 Å². The molecule has 1 atom stereocenters. The molecule has 1 heterocycles. The van der Waals surface area contributed by atoms with Gasteiger partial charge < -0.3 is 11.1 Å². The van der Waals surface area contributed by atoms with Crippen molar-refractivity contribution in [2.45, 2.75) is 39.3 Å². The second kappa shape index (κ2) is 6.54. The van der Waals surface area contributed by atoms with Gasteiger partial charge in [0.15, 0.2) is 0 Å². The first kappa shape index (κ1) is 15.7. The molecule has 0 saturated heterocycles. The van der Waals surface area contributed by atoms with Gasteiger partial charge in [0.2, 0.25) is 0 Å². The molecule has 1 aromatic heterocycles. The van der Waals surface area contributed by atoms with E-state index < -0.39 is 0 Å². The minimum Gasteiger partial charge on any atom is -0.348 e. The molecule has 1 aliphatic rings. The molecule has 2 aromatic rings. The SMILES string of the molecule is Cc1cc(C)n(Cc2ccc(C(=O)NC(CN)C3CC3)cc2)n1. The molecule has 3 rings (SSSR count). The zero-order valence-electron chi connectivity index (χ0n) is 13.7. The molecule has 5 heteroatoms. The van der Waals surface area contributed by atoms with Crippen LogP contribution in [-0.4, -0.2) is 28.3 Å². The van der Waals surface area contributed by atoms with E-state index in [0.717, 1.165) is 23.5 Å². The van der Waals surface area contributed by atoms with Crippen molar-refractivity contribution in [2.75, 3.05) is 6.54 Å². The van der Waals surface area contributed by atoms with Gasteiger partial charge in [-0.15, -0.1) is 0 Å². The lowest BCUT2D eigenvalue weighted by molar-refractivity contribution is 0.0933. The number of rotatable bonds is 6. The Hall–Kier alpha value is -2.14. The Morgan fingerprint density at radius 3 is 2.57 bits per heavy atom. The molecule has 1 fully saturated rings. The highest BCUT2D eigenvalue weighted by molar-refractivity contribution is 5.94. The Morgan fingerprint density at radius 2 is 2.04 bits per heavy atom. The van der Waals surface area contributed by atoms with E-state index in [0.29, 0.717) is 18.0 Å². The lowest BCUT2D eigenvalue weighted by Crippen LogP contribution is -2.41. The van der Waals surface area contributed by atoms with Crippen molar-refractivity contribution in [1.82, 2.24) is 15.1 Å². The molecule has 0 spiro atoms. The Balaban J connectivity index is 1.64. The minimum atomic E-state index is -0.0370. The monoisotopic (exact) mass is 312 g/mol. The van der Waals surface area contributed by atoms with Crippen LogP contribution in [0.5, 0.6) is 0 Å². The van der Waals surface area contributed by atoms with Crippen molar-refractivity contribution >= 4 is 5.91 Å². The van der Waals surface area contributed by atoms with Crippen LogP contribution in [0.4, 0.5) is 0 Å². The molecule has 1 aromatic carbocycles. The molecule has 122 valence electrons. The lowest BCUT2D eigenvalue weighted by Gasteiger charge is -2.16. The fraction of sp³-hybridized carbons (Fsp3) is 0.444. The summed E-state index contributed by atoms with van der Waals surface area (Å²) < 4.78 is 1.97. The molecule has 3 N–H and O–H groups in total. The Morgan fingerprint density at radius 1 is 1.35 bits per heavy atom. The highest BCUT2D eigenvalue weighted by Crippen LogP contribution is 2.32. The van der Waals surface area contributed by atoms with Crippen LogP contribution in [0.25, 0.3) is 0 Å². The fourth-order valence-electron chi connectivity index (χ4n) is 2.89. The summed E-state index contributed by atoms with van der Waals surface area (Å²) in [5.41, 5.74) is 9.71. The number of amides is 1. The summed E-state index contributed by atoms with van der Waals surface area (Å²) in [4.78, 5) is 12.3. The topological polar surface area (TPSA) is 72.9 Å². The molecule has 0 aliphatic heterocycles. The van der Waals surface area contributed by atoms with Crippen molar-refractivity contribution < 1.29 is 4.79 Å². The summed E-state index contributed by atoms with van der Waals surface area (Å²) >= 11 is 0. The first-order valence-electron chi connectivity index (χ1n) is 8.17. The van der Waals surface area contributed by atoms with Crippen LogP contribution in [0.2, 0.25) is 0 Å². The van der Waals surface area contributed by atoms with Gasteiger partial charge >= 0.3 is 0 Å². The number of aryl methyl sites for hydroxylation is 2. The van der Waals surface area contributed by atoms with Gasteiger partial charge in [-0.3, -0.25) is 9.48 Å². The molecular weight excluding hydrogens is 288 g/mol. The van der Waals surface area contributed by atoms with Gasteiger partial charge in [0.1, 0.15) is 0 Å². The minimum absolute atomic E-state index is 0.0370. The van der Waals surface area contributed by atoms with Crippen molar-refractivity contribution in [3.05, 3.63) is 52.8 Å². The third-order valence-corrected chi connectivity index (χ3v) is 4.41. The first-order chi connectivity index (χ1) is 11.1. The van der Waals surface area contributed by atoms with E-state index in [-0.39, 0.29) is 11.9 Å². The van der Waals surface area contributed by atoms with Crippen LogP contribution >= 0.6 is 0 Å². The Kier molecular flexibility index (Phi) is 4.48. The van der Waals surface area contributed by atoms with Crippen molar-refractivity contribution in [2.24, 2.45) is 11.7 Å². The number of carbonyl (C=O) groups excluding carboxylic acids is 1. The molecule has 23 heavy (non-hydrogen) atoms. The van der Waals surface area contributed by atoms with Crippen molar-refractivity contribution in [1.29, 1.82) is 0 Å². The van der Waals surface area contributed by atoms with Gasteiger partial charge in [-0.25, -0.2) is 0 Å². The van der Waals surface area contributed by atoms with Gasteiger partial charge in [-0.2, -0.15) is 5.10 Å². The first-order valence-corrected chi connectivity index (χ1v) is 8.17. The number of hydrogen-bond donors (Lipinski definition) is 2. The molecule has 1 saturated carbocycles. The largest absolute Gasteiger partial charge is 0.348 e. The van der Waals surface area contributed by atoms with Crippen LogP contribution in [0.3, 0.4) is 0 Å². The van der Waals surface area contributed by atoms with E-state index in [4.69, 9.17) is 5.73 Å². The average Bonchev–Trinajstić information content (AvgIpc) is 3.32. The van der Waals surface area contributed by atoms with Crippen LogP contribution in [0.15, 0.2) is 30.3 Å². The number of nitrogens with one attached hydrogen (secondary N) is 1. The molecule has 1 aliphatic carbocycles. The average molecular weight is 312 g/mol. The van der Waals surface area contributed by atoms with E-state index in [2.05, 4.69) is 16.5 Å². The highest BCUT2D eigenvalue weighted by atomic mass is 16.1. The predicted molar refractivity (Wildman–Crippen MR) is 90.3 cm³/mol. The summed E-state index contributed by atoms with van der Waals surface area (Å²) in [6, 6.07) is 9.89. The third kappa shape index (κ3) is 3.79. The number of benzene rings is 1. The molecule has 1 amide bonds. The molecule has 5 nitrogen and oxygen atoms in total. The summed E-state index contributed by atoms with van der Waals surface area (Å²) in [7, 11) is 0. The highest BCUT2D eigenvalue weighted by Gasteiger charge is 2.31. The second-order valence-electron chi connectivity index (χ2n) is 6.43. The fourth-order valence-corrected chi connectivity index (χ4v) is 2.89. The molecule has 0 radical (unpaired) electrons. The van der Waals surface area contributed by atoms with Gasteiger partial charge in [0.05, 0.1) is 12.2 Å². The van der Waals surface area contributed by atoms with Crippen molar-refractivity contribution in [3.63, 3.8) is 0 Å². The van der Waals surface area contributed by atoms with Crippen LogP contribution in [-0.2, 0) is 6.54 Å². The van der Waals surface area contributed by atoms with E-state index in [9.17, 15) is 4.79 Å². The normalized spacial score (nSPS) is 15.4. The summed E-state index contributed by atoms with van der Waals surface area (Å²) in [6.45, 7) is 5.26. The van der Waals surface area contributed by atoms with E-state index in [1.54, 1.807) is 0 Å². The van der Waals surface area contributed by atoms with Gasteiger partial charge in [0, 0.05) is 23.8 Å². The molecule has 1 unspecified atom stereocenters. The van der Waals surface area contributed by atoms with Gasteiger partial charge in [-0.05, 0) is 56.4 Å². The van der Waals surface area contributed by atoms with Gasteiger partial charge in [-0.1, -0.05) is 12.1 Å². The summed E-state index contributed by atoms with van der Waals surface area (Å²) in [5.74, 6) is 0.527. The van der Waals surface area contributed by atoms with Crippen LogP contribution in [0.1, 0.15) is 40.2 Å². The van der Waals surface area contributed by atoms with E-state index >= 15 is 0 Å². The second-order valence-corrected chi connectivity index (χ2v) is 6.43. The Labute approximate surface area is 136 Å². The number of nitrogens with zero attached hydrogens (tertiary/aromatic N) is 2. The number of nitrogens with two attached hydrogens (primary N) is 1. The van der Waals surface area contributed by atoms with Gasteiger partial charge in [0.25, 0.3) is 5.91 Å². The Bertz CT molecular complexity index is 686. The zero-order chi connectivity index (χ0) is 16.4. The van der Waals surface area contributed by atoms with Crippen LogP contribution in [0, 0.1) is 19.8 Å². The quantitative estimate of drug-likeness (QED) is 0.857. The summed E-state index contributed by atoms with van der Waals surface area (Å²) in [5, 5.41) is 7.51. The standard InChI is InChI=1S/C18H24N4O/c1-12-9-13(2)22(21-12)11-14-3-5-16(6-4-14)18(23)20-17(10-19)15-7-8-15/h3-6,9,15,17H,7-8,10-11,19H2,1-2H3,(H,20,23).